The van der Waals surface area contributed by atoms with Crippen molar-refractivity contribution < 1.29 is 9.90 Å². The van der Waals surface area contributed by atoms with Crippen molar-refractivity contribution in [3.8, 4) is 0 Å². The minimum absolute atomic E-state index is 0.0384. The zero-order chi connectivity index (χ0) is 17.3. The maximum atomic E-state index is 12.7. The highest BCUT2D eigenvalue weighted by molar-refractivity contribution is 5.82. The lowest BCUT2D eigenvalue weighted by atomic mass is 9.99. The van der Waals surface area contributed by atoms with E-state index >= 15 is 0 Å². The lowest BCUT2D eigenvalue weighted by Gasteiger charge is -2.30. The van der Waals surface area contributed by atoms with Gasteiger partial charge in [0.25, 0.3) is 0 Å². The van der Waals surface area contributed by atoms with E-state index in [2.05, 4.69) is 37.9 Å². The number of imidazole rings is 1. The van der Waals surface area contributed by atoms with Gasteiger partial charge in [-0.25, -0.2) is 4.98 Å². The normalized spacial score (nSPS) is 16.1. The van der Waals surface area contributed by atoms with Crippen LogP contribution in [-0.4, -0.2) is 45.2 Å². The first-order valence-corrected chi connectivity index (χ1v) is 8.84. The van der Waals surface area contributed by atoms with Gasteiger partial charge in [-0.05, 0) is 55.9 Å². The number of nitrogens with zero attached hydrogens (tertiary/aromatic N) is 3. The first kappa shape index (κ1) is 17.0. The van der Waals surface area contributed by atoms with Crippen molar-refractivity contribution in [3.05, 3.63) is 29.1 Å². The number of amides is 1. The van der Waals surface area contributed by atoms with Crippen molar-refractivity contribution >= 4 is 16.9 Å². The molecule has 3 rings (SSSR count). The fraction of sp³-hybridized carbons (Fsp3) is 0.579. The average Bonchev–Trinajstić information content (AvgIpc) is 2.86. The van der Waals surface area contributed by atoms with Gasteiger partial charge < -0.3 is 14.6 Å². The van der Waals surface area contributed by atoms with Crippen LogP contribution in [0.25, 0.3) is 11.0 Å². The summed E-state index contributed by atoms with van der Waals surface area (Å²) in [6, 6.07) is 4.17. The number of benzene rings is 1. The van der Waals surface area contributed by atoms with E-state index in [1.165, 1.54) is 11.1 Å². The molecule has 0 atom stereocenters. The highest BCUT2D eigenvalue weighted by Gasteiger charge is 2.22. The summed E-state index contributed by atoms with van der Waals surface area (Å²) in [5.74, 6) is 1.65. The molecule has 5 nitrogen and oxygen atoms in total. The number of aryl methyl sites for hydroxylation is 2. The lowest BCUT2D eigenvalue weighted by Crippen LogP contribution is -2.40. The quantitative estimate of drug-likeness (QED) is 0.937. The number of aromatic nitrogens is 2. The molecule has 0 spiro atoms. The molecular formula is C19H27N3O2. The number of carbonyl (C=O) groups excluding carboxylic acids is 1. The Kier molecular flexibility index (Phi) is 4.90. The molecule has 24 heavy (non-hydrogen) atoms. The molecular weight excluding hydrogens is 302 g/mol. The fourth-order valence-corrected chi connectivity index (χ4v) is 3.39. The van der Waals surface area contributed by atoms with Crippen molar-refractivity contribution in [1.29, 1.82) is 0 Å². The van der Waals surface area contributed by atoms with E-state index in [4.69, 9.17) is 0 Å². The molecule has 1 aliphatic rings. The van der Waals surface area contributed by atoms with Crippen LogP contribution < -0.4 is 0 Å². The Balaban J connectivity index is 1.90. The van der Waals surface area contributed by atoms with E-state index in [0.717, 1.165) is 42.8 Å². The average molecular weight is 329 g/mol. The van der Waals surface area contributed by atoms with Crippen LogP contribution >= 0.6 is 0 Å². The highest BCUT2D eigenvalue weighted by Crippen LogP contribution is 2.22. The molecule has 0 saturated carbocycles. The van der Waals surface area contributed by atoms with Gasteiger partial charge in [0, 0.05) is 19.5 Å². The third-order valence-electron chi connectivity index (χ3n) is 5.21. The molecule has 1 N–H and O–H groups in total. The van der Waals surface area contributed by atoms with Gasteiger partial charge in [0.2, 0.25) is 5.91 Å². The summed E-state index contributed by atoms with van der Waals surface area (Å²) in [6.07, 6.45) is 2.63. The Hall–Kier alpha value is -1.88. The Bertz CT molecular complexity index is 743. The Morgan fingerprint density at radius 2 is 1.92 bits per heavy atom. The topological polar surface area (TPSA) is 58.4 Å². The molecule has 1 aliphatic heterocycles. The summed E-state index contributed by atoms with van der Waals surface area (Å²) in [5, 5.41) is 9.34. The molecule has 1 aromatic carbocycles. The van der Waals surface area contributed by atoms with E-state index in [9.17, 15) is 9.90 Å². The number of hydrogen-bond acceptors (Lipinski definition) is 3. The Morgan fingerprint density at radius 3 is 2.58 bits per heavy atom. The smallest absolute Gasteiger partial charge is 0.242 e. The maximum Gasteiger partial charge on any atom is 0.242 e. The van der Waals surface area contributed by atoms with Gasteiger partial charge in [-0.15, -0.1) is 0 Å². The van der Waals surface area contributed by atoms with Crippen molar-refractivity contribution in [2.24, 2.45) is 5.92 Å². The summed E-state index contributed by atoms with van der Waals surface area (Å²) in [4.78, 5) is 19.4. The van der Waals surface area contributed by atoms with Crippen LogP contribution in [0.2, 0.25) is 0 Å². The second-order valence-corrected chi connectivity index (χ2v) is 7.08. The lowest BCUT2D eigenvalue weighted by molar-refractivity contribution is -0.133. The minimum atomic E-state index is 0.0384. The zero-order valence-electron chi connectivity index (χ0n) is 14.9. The molecule has 2 aromatic rings. The first-order chi connectivity index (χ1) is 11.5. The summed E-state index contributed by atoms with van der Waals surface area (Å²) in [7, 11) is 0. The number of piperidine rings is 1. The van der Waals surface area contributed by atoms with Crippen molar-refractivity contribution in [2.45, 2.75) is 46.6 Å². The highest BCUT2D eigenvalue weighted by atomic mass is 16.3. The number of aliphatic hydroxyl groups excluding tert-OH is 1. The number of hydrogen-bond donors (Lipinski definition) is 1. The van der Waals surface area contributed by atoms with E-state index in [1.807, 2.05) is 9.47 Å². The number of likely N-dealkylation sites (tertiary alicyclic amines) is 1. The molecule has 1 saturated heterocycles. The van der Waals surface area contributed by atoms with Crippen LogP contribution in [0.4, 0.5) is 0 Å². The predicted octanol–water partition coefficient (Wildman–Crippen LogP) is 2.45. The monoisotopic (exact) mass is 329 g/mol. The first-order valence-electron chi connectivity index (χ1n) is 8.84. The zero-order valence-corrected chi connectivity index (χ0v) is 14.9. The Morgan fingerprint density at radius 1 is 1.25 bits per heavy atom. The Labute approximate surface area is 143 Å². The third-order valence-corrected chi connectivity index (χ3v) is 5.21. The van der Waals surface area contributed by atoms with Gasteiger partial charge in [0.1, 0.15) is 12.4 Å². The van der Waals surface area contributed by atoms with Crippen molar-refractivity contribution in [2.75, 3.05) is 19.7 Å². The summed E-state index contributed by atoms with van der Waals surface area (Å²) < 4.78 is 1.98. The summed E-state index contributed by atoms with van der Waals surface area (Å²) in [5.41, 5.74) is 4.28. The predicted molar refractivity (Wildman–Crippen MR) is 95.0 cm³/mol. The van der Waals surface area contributed by atoms with Crippen LogP contribution in [0.3, 0.4) is 0 Å². The van der Waals surface area contributed by atoms with Gasteiger partial charge in [0.05, 0.1) is 17.6 Å². The van der Waals surface area contributed by atoms with Crippen LogP contribution in [-0.2, 0) is 17.8 Å². The van der Waals surface area contributed by atoms with Crippen LogP contribution in [0, 0.1) is 19.8 Å². The van der Waals surface area contributed by atoms with E-state index in [-0.39, 0.29) is 12.5 Å². The molecule has 0 radical (unpaired) electrons. The third kappa shape index (κ3) is 3.31. The fourth-order valence-electron chi connectivity index (χ4n) is 3.39. The number of aliphatic hydroxyl groups is 1. The molecule has 5 heteroatoms. The van der Waals surface area contributed by atoms with Crippen LogP contribution in [0.1, 0.15) is 36.7 Å². The summed E-state index contributed by atoms with van der Waals surface area (Å²) in [6.45, 7) is 8.43. The molecule has 0 unspecified atom stereocenters. The number of carbonyl (C=O) groups is 1. The van der Waals surface area contributed by atoms with Gasteiger partial charge in [-0.2, -0.15) is 0 Å². The van der Waals surface area contributed by atoms with Crippen LogP contribution in [0.15, 0.2) is 12.1 Å². The van der Waals surface area contributed by atoms with E-state index in [0.29, 0.717) is 18.9 Å². The van der Waals surface area contributed by atoms with Gasteiger partial charge in [-0.1, -0.05) is 6.92 Å². The largest absolute Gasteiger partial charge is 0.396 e. The summed E-state index contributed by atoms with van der Waals surface area (Å²) >= 11 is 0. The van der Waals surface area contributed by atoms with Crippen LogP contribution in [0.5, 0.6) is 0 Å². The number of fused-ring (bicyclic) bond motifs is 1. The second-order valence-electron chi connectivity index (χ2n) is 7.08. The van der Waals surface area contributed by atoms with E-state index < -0.39 is 0 Å². The molecule has 2 heterocycles. The minimum Gasteiger partial charge on any atom is -0.396 e. The standard InChI is InChI=1S/C19H27N3O2/c1-13-4-7-21(8-5-13)19(24)12-22-17-11-15(3)14(2)10-16(17)20-18(22)6-9-23/h10-11,13,23H,4-9,12H2,1-3H3. The maximum absolute atomic E-state index is 12.7. The van der Waals surface area contributed by atoms with Gasteiger partial charge in [0.15, 0.2) is 0 Å². The molecule has 1 aromatic heterocycles. The van der Waals surface area contributed by atoms with Crippen molar-refractivity contribution in [3.63, 3.8) is 0 Å². The SMILES string of the molecule is Cc1cc2nc(CCO)n(CC(=O)N3CCC(C)CC3)c2cc1C. The second kappa shape index (κ2) is 6.93. The molecule has 1 fully saturated rings. The molecule has 0 bridgehead atoms. The van der Waals surface area contributed by atoms with Crippen molar-refractivity contribution in [1.82, 2.24) is 14.5 Å². The van der Waals surface area contributed by atoms with Gasteiger partial charge >= 0.3 is 0 Å². The number of rotatable bonds is 4. The molecule has 0 aliphatic carbocycles. The van der Waals surface area contributed by atoms with Gasteiger partial charge in [-0.3, -0.25) is 4.79 Å². The molecule has 130 valence electrons. The van der Waals surface area contributed by atoms with E-state index in [1.54, 1.807) is 0 Å². The molecule has 1 amide bonds.